The normalized spacial score (nSPS) is 31.0. The number of ether oxygens (including phenoxy) is 2. The van der Waals surface area contributed by atoms with Gasteiger partial charge in [-0.25, -0.2) is 0 Å². The summed E-state index contributed by atoms with van der Waals surface area (Å²) < 4.78 is 98.7. The van der Waals surface area contributed by atoms with Crippen LogP contribution in [0.25, 0.3) is 0 Å². The summed E-state index contributed by atoms with van der Waals surface area (Å²) in [4.78, 5) is 0. The Hall–Kier alpha value is -2.01. The number of fused-ring (bicyclic) bond motifs is 5. The highest BCUT2D eigenvalue weighted by atomic mass is 32.2. The van der Waals surface area contributed by atoms with Crippen molar-refractivity contribution in [1.82, 2.24) is 0 Å². The maximum Gasteiger partial charge on any atom is 0.431 e. The Balaban J connectivity index is 1.51. The van der Waals surface area contributed by atoms with Gasteiger partial charge in [-0.3, -0.25) is 4.18 Å². The second-order valence-corrected chi connectivity index (χ2v) is 10.5. The molecule has 5 nitrogen and oxygen atoms in total. The third-order valence-electron chi connectivity index (χ3n) is 7.16. The van der Waals surface area contributed by atoms with Crippen molar-refractivity contribution in [2.45, 2.75) is 42.0 Å². The van der Waals surface area contributed by atoms with Crippen molar-refractivity contribution in [3.05, 3.63) is 71.8 Å². The van der Waals surface area contributed by atoms with Crippen molar-refractivity contribution >= 4 is 10.1 Å². The summed E-state index contributed by atoms with van der Waals surface area (Å²) in [5, 5.41) is -5.37. The van der Waals surface area contributed by atoms with Gasteiger partial charge in [-0.15, -0.1) is 0 Å². The van der Waals surface area contributed by atoms with E-state index < -0.39 is 57.0 Å². The molecule has 33 heavy (non-hydrogen) atoms. The van der Waals surface area contributed by atoms with Gasteiger partial charge in [-0.1, -0.05) is 60.7 Å². The first kappa shape index (κ1) is 22.8. The van der Waals surface area contributed by atoms with E-state index in [2.05, 4.69) is 4.18 Å². The molecule has 0 aromatic heterocycles. The molecule has 0 amide bonds. The molecule has 5 unspecified atom stereocenters. The molecule has 3 aliphatic rings. The van der Waals surface area contributed by atoms with Gasteiger partial charge in [0.25, 0.3) is 0 Å². The number of rotatable bonds is 6. The summed E-state index contributed by atoms with van der Waals surface area (Å²) >= 11 is 0. The molecule has 5 atom stereocenters. The average Bonchev–Trinajstić information content (AvgIpc) is 3.51. The molecule has 1 saturated heterocycles. The monoisotopic (exact) mass is 486 g/mol. The van der Waals surface area contributed by atoms with Crippen LogP contribution in [0.2, 0.25) is 0 Å². The van der Waals surface area contributed by atoms with Gasteiger partial charge in [-0.2, -0.15) is 26.0 Å². The van der Waals surface area contributed by atoms with E-state index in [0.29, 0.717) is 18.2 Å². The first-order valence-electron chi connectivity index (χ1n) is 10.6. The molecule has 10 heteroatoms. The molecule has 0 radical (unpaired) electrons. The van der Waals surface area contributed by atoms with Crippen molar-refractivity contribution in [3.63, 3.8) is 0 Å². The lowest BCUT2D eigenvalue weighted by molar-refractivity contribution is -0.213. The van der Waals surface area contributed by atoms with E-state index in [1.54, 1.807) is 48.5 Å². The zero-order valence-electron chi connectivity index (χ0n) is 17.5. The Morgan fingerprint density at radius 3 is 1.91 bits per heavy atom. The summed E-state index contributed by atoms with van der Waals surface area (Å²) in [6.45, 7) is 0. The van der Waals surface area contributed by atoms with Gasteiger partial charge in [0.2, 0.25) is 5.79 Å². The lowest BCUT2D eigenvalue weighted by atomic mass is 9.81. The predicted octanol–water partition coefficient (Wildman–Crippen LogP) is 4.53. The van der Waals surface area contributed by atoms with Crippen molar-refractivity contribution in [3.8, 4) is 0 Å². The van der Waals surface area contributed by atoms with E-state index in [4.69, 9.17) is 9.47 Å². The summed E-state index contributed by atoms with van der Waals surface area (Å²) in [6.07, 6.45) is -1.56. The maximum atomic E-state index is 15.0. The number of hydrogen-bond acceptors (Lipinski definition) is 5. The van der Waals surface area contributed by atoms with E-state index in [-0.39, 0.29) is 12.8 Å². The molecule has 2 aromatic rings. The molecule has 178 valence electrons. The lowest BCUT2D eigenvalue weighted by Gasteiger charge is -2.37. The minimum atomic E-state index is -5.80. The van der Waals surface area contributed by atoms with E-state index >= 15 is 8.78 Å². The van der Waals surface area contributed by atoms with Gasteiger partial charge in [0.15, 0.2) is 0 Å². The first-order valence-corrected chi connectivity index (χ1v) is 12.0. The smallest absolute Gasteiger partial charge is 0.336 e. The summed E-state index contributed by atoms with van der Waals surface area (Å²) in [7, 11) is -5.35. The Morgan fingerprint density at radius 2 is 1.39 bits per heavy atom. The van der Waals surface area contributed by atoms with Crippen molar-refractivity contribution in [1.29, 1.82) is 0 Å². The van der Waals surface area contributed by atoms with E-state index in [1.807, 2.05) is 12.1 Å². The number of hydrogen-bond donors (Lipinski definition) is 0. The molecule has 1 aliphatic heterocycles. The molecule has 3 fully saturated rings. The molecule has 0 N–H and O–H groups in total. The highest BCUT2D eigenvalue weighted by Gasteiger charge is 2.75. The molecule has 2 saturated carbocycles. The molecule has 2 bridgehead atoms. The molecular weight excluding hydrogens is 464 g/mol. The van der Waals surface area contributed by atoms with Crippen molar-refractivity contribution in [2.24, 2.45) is 17.8 Å². The largest absolute Gasteiger partial charge is 0.431 e. The van der Waals surface area contributed by atoms with Crippen LogP contribution < -0.4 is 0 Å². The van der Waals surface area contributed by atoms with Crippen LogP contribution in [0.15, 0.2) is 60.7 Å². The van der Waals surface area contributed by atoms with Crippen LogP contribution in [-0.4, -0.2) is 38.9 Å². The third-order valence-corrected chi connectivity index (χ3v) is 8.50. The van der Waals surface area contributed by atoms with Crippen LogP contribution >= 0.6 is 0 Å². The molecule has 0 spiro atoms. The second-order valence-electron chi connectivity index (χ2n) is 8.78. The van der Waals surface area contributed by atoms with Crippen LogP contribution in [0.4, 0.5) is 17.6 Å². The van der Waals surface area contributed by atoms with Crippen molar-refractivity contribution in [2.75, 3.05) is 7.11 Å². The highest BCUT2D eigenvalue weighted by Crippen LogP contribution is 2.63. The summed E-state index contributed by atoms with van der Waals surface area (Å²) in [5.74, 6) is -9.57. The molecule has 5 rings (SSSR count). The Morgan fingerprint density at radius 1 is 0.879 bits per heavy atom. The standard InChI is InChI=1S/C23H22F4O5S/c1-30-33(28,29)23(26,27)22(24,25)18-13-14-12-17(18)20-19(14)31-21(32-20,15-8-4-2-5-9-15)16-10-6-3-7-11-16/h2-11,14,17-20H,12-13H2,1H3. The Labute approximate surface area is 188 Å². The summed E-state index contributed by atoms with van der Waals surface area (Å²) in [5.41, 5.74) is 1.31. The quantitative estimate of drug-likeness (QED) is 0.444. The Bertz CT molecular complexity index is 1090. The van der Waals surface area contributed by atoms with E-state index in [0.717, 1.165) is 0 Å². The zero-order chi connectivity index (χ0) is 23.6. The fourth-order valence-electron chi connectivity index (χ4n) is 5.64. The van der Waals surface area contributed by atoms with Gasteiger partial charge in [-0.05, 0) is 24.7 Å². The van der Waals surface area contributed by atoms with Gasteiger partial charge in [0.1, 0.15) is 0 Å². The molecule has 1 heterocycles. The Kier molecular flexibility index (Phi) is 5.17. The first-order chi connectivity index (χ1) is 15.5. The number of alkyl halides is 4. The maximum absolute atomic E-state index is 15.0. The van der Waals surface area contributed by atoms with Crippen LogP contribution in [0, 0.1) is 17.8 Å². The zero-order valence-corrected chi connectivity index (χ0v) is 18.4. The minimum Gasteiger partial charge on any atom is -0.336 e. The summed E-state index contributed by atoms with van der Waals surface area (Å²) in [6, 6.07) is 18.0. The predicted molar refractivity (Wildman–Crippen MR) is 109 cm³/mol. The number of halogens is 4. The van der Waals surface area contributed by atoms with Crippen LogP contribution in [0.3, 0.4) is 0 Å². The van der Waals surface area contributed by atoms with Crippen LogP contribution in [0.5, 0.6) is 0 Å². The van der Waals surface area contributed by atoms with Gasteiger partial charge in [0.05, 0.1) is 19.3 Å². The SMILES string of the molecule is COS(=O)(=O)C(F)(F)C(F)(F)C1CC2CC1C1OC(c3ccccc3)(c3ccccc3)OC21. The number of benzene rings is 2. The minimum absolute atomic E-state index is 0.193. The van der Waals surface area contributed by atoms with E-state index in [1.165, 1.54) is 0 Å². The molecular formula is C23H22F4O5S. The van der Waals surface area contributed by atoms with Crippen molar-refractivity contribution < 1.29 is 39.6 Å². The van der Waals surface area contributed by atoms with Crippen LogP contribution in [-0.2, 0) is 29.6 Å². The molecule has 2 aliphatic carbocycles. The lowest BCUT2D eigenvalue weighted by Crippen LogP contribution is -2.55. The fraction of sp³-hybridized carbons (Fsp3) is 0.478. The van der Waals surface area contributed by atoms with Gasteiger partial charge >= 0.3 is 21.3 Å². The van der Waals surface area contributed by atoms with E-state index in [9.17, 15) is 17.2 Å². The highest BCUT2D eigenvalue weighted by molar-refractivity contribution is 7.87. The van der Waals surface area contributed by atoms with Crippen LogP contribution in [0.1, 0.15) is 24.0 Å². The fourth-order valence-corrected chi connectivity index (χ4v) is 6.34. The van der Waals surface area contributed by atoms with Gasteiger partial charge in [0, 0.05) is 17.0 Å². The molecule has 2 aromatic carbocycles. The average molecular weight is 486 g/mol. The second kappa shape index (κ2) is 7.49. The topological polar surface area (TPSA) is 61.8 Å². The third kappa shape index (κ3) is 3.10. The van der Waals surface area contributed by atoms with Gasteiger partial charge < -0.3 is 9.47 Å².